The maximum atomic E-state index is 13.3. The topological polar surface area (TPSA) is 49.4 Å². The van der Waals surface area contributed by atoms with E-state index >= 15 is 0 Å². The average Bonchev–Trinajstić information content (AvgIpc) is 3.30. The fraction of sp³-hybridized carbons (Fsp3) is 0.440. The molecular formula is C25H29Cl3N2O2S. The van der Waals surface area contributed by atoms with Gasteiger partial charge in [0.15, 0.2) is 0 Å². The summed E-state index contributed by atoms with van der Waals surface area (Å²) in [7, 11) is 0. The van der Waals surface area contributed by atoms with Gasteiger partial charge in [0, 0.05) is 33.4 Å². The third-order valence-corrected chi connectivity index (χ3v) is 7.79. The third kappa shape index (κ3) is 7.54. The highest BCUT2D eigenvalue weighted by atomic mass is 35.5. The molecule has 1 N–H and O–H groups in total. The van der Waals surface area contributed by atoms with Gasteiger partial charge in [-0.15, -0.1) is 11.8 Å². The van der Waals surface area contributed by atoms with Gasteiger partial charge < -0.3 is 10.2 Å². The molecule has 0 saturated heterocycles. The average molecular weight is 528 g/mol. The molecule has 0 spiro atoms. The van der Waals surface area contributed by atoms with Crippen molar-refractivity contribution in [1.29, 1.82) is 0 Å². The van der Waals surface area contributed by atoms with E-state index < -0.39 is 6.04 Å². The summed E-state index contributed by atoms with van der Waals surface area (Å²) in [5.41, 5.74) is 1.74. The Morgan fingerprint density at radius 1 is 1.06 bits per heavy atom. The van der Waals surface area contributed by atoms with Gasteiger partial charge in [0.05, 0.1) is 5.75 Å². The number of halogens is 3. The van der Waals surface area contributed by atoms with E-state index in [2.05, 4.69) is 5.32 Å². The molecule has 0 heterocycles. The highest BCUT2D eigenvalue weighted by molar-refractivity contribution is 7.99. The molecule has 4 nitrogen and oxygen atoms in total. The Kier molecular flexibility index (Phi) is 10.2. The lowest BCUT2D eigenvalue weighted by Crippen LogP contribution is -2.51. The van der Waals surface area contributed by atoms with Crippen molar-refractivity contribution >= 4 is 58.4 Å². The van der Waals surface area contributed by atoms with Crippen molar-refractivity contribution in [1.82, 2.24) is 10.2 Å². The van der Waals surface area contributed by atoms with Crippen LogP contribution < -0.4 is 5.32 Å². The number of rotatable bonds is 10. The number of nitrogens with zero attached hydrogens (tertiary/aromatic N) is 1. The minimum atomic E-state index is -0.529. The molecule has 1 saturated carbocycles. The van der Waals surface area contributed by atoms with Gasteiger partial charge in [0.2, 0.25) is 11.8 Å². The number of hydrogen-bond acceptors (Lipinski definition) is 3. The van der Waals surface area contributed by atoms with E-state index in [1.54, 1.807) is 35.2 Å². The Balaban J connectivity index is 1.72. The van der Waals surface area contributed by atoms with Gasteiger partial charge in [-0.25, -0.2) is 0 Å². The van der Waals surface area contributed by atoms with Gasteiger partial charge in [-0.2, -0.15) is 0 Å². The molecule has 0 radical (unpaired) electrons. The summed E-state index contributed by atoms with van der Waals surface area (Å²) in [5.74, 6) is 0.573. The third-order valence-electron chi connectivity index (χ3n) is 5.89. The molecule has 1 aliphatic rings. The first-order chi connectivity index (χ1) is 15.9. The van der Waals surface area contributed by atoms with Gasteiger partial charge in [-0.3, -0.25) is 9.59 Å². The first-order valence-corrected chi connectivity index (χ1v) is 13.5. The van der Waals surface area contributed by atoms with Crippen LogP contribution >= 0.6 is 46.6 Å². The number of nitrogens with one attached hydrogen (secondary N) is 1. The molecule has 3 rings (SSSR count). The van der Waals surface area contributed by atoms with E-state index in [9.17, 15) is 9.59 Å². The summed E-state index contributed by atoms with van der Waals surface area (Å²) in [6.45, 7) is 2.29. The van der Waals surface area contributed by atoms with Gasteiger partial charge >= 0.3 is 0 Å². The molecule has 33 heavy (non-hydrogen) atoms. The van der Waals surface area contributed by atoms with Crippen LogP contribution in [0.5, 0.6) is 0 Å². The van der Waals surface area contributed by atoms with Crippen LogP contribution in [0.2, 0.25) is 15.1 Å². The first kappa shape index (κ1) is 26.2. The fourth-order valence-corrected chi connectivity index (χ4v) is 5.84. The van der Waals surface area contributed by atoms with E-state index in [0.717, 1.165) is 36.8 Å². The van der Waals surface area contributed by atoms with Crippen molar-refractivity contribution in [2.24, 2.45) is 0 Å². The molecule has 8 heteroatoms. The zero-order valence-electron chi connectivity index (χ0n) is 18.7. The van der Waals surface area contributed by atoms with Crippen LogP contribution in [0, 0.1) is 0 Å². The van der Waals surface area contributed by atoms with Crippen molar-refractivity contribution in [3.8, 4) is 0 Å². The number of hydrogen-bond donors (Lipinski definition) is 1. The molecule has 2 amide bonds. The lowest BCUT2D eigenvalue weighted by atomic mass is 10.1. The molecule has 0 aliphatic heterocycles. The Morgan fingerprint density at radius 2 is 1.70 bits per heavy atom. The standard InChI is InChI=1S/C25H29Cl3N2O2S/c1-2-23(25(32)29-19-6-3-4-7-19)30(14-17-10-12-18(26)13-11-17)24(31)16-33-15-20-21(27)8-5-9-22(20)28/h5,8-13,19,23H,2-4,6-7,14-16H2,1H3,(H,29,32)/t23-/m1/s1. The summed E-state index contributed by atoms with van der Waals surface area (Å²) in [5, 5.41) is 4.97. The van der Waals surface area contributed by atoms with Gasteiger partial charge in [-0.1, -0.05) is 72.8 Å². The second-order valence-corrected chi connectivity index (χ2v) is 10.5. The van der Waals surface area contributed by atoms with Crippen molar-refractivity contribution in [2.75, 3.05) is 5.75 Å². The summed E-state index contributed by atoms with van der Waals surface area (Å²) in [6, 6.07) is 12.4. The lowest BCUT2D eigenvalue weighted by molar-refractivity contribution is -0.139. The number of carbonyl (C=O) groups is 2. The fourth-order valence-electron chi connectivity index (χ4n) is 4.07. The predicted octanol–water partition coefficient (Wildman–Crippen LogP) is 6.75. The molecule has 0 unspecified atom stereocenters. The van der Waals surface area contributed by atoms with E-state index in [-0.39, 0.29) is 23.6 Å². The van der Waals surface area contributed by atoms with Crippen molar-refractivity contribution < 1.29 is 9.59 Å². The molecule has 1 fully saturated rings. The Morgan fingerprint density at radius 3 is 2.30 bits per heavy atom. The normalized spacial score (nSPS) is 14.8. The van der Waals surface area contributed by atoms with Crippen molar-refractivity contribution in [3.05, 3.63) is 68.7 Å². The second-order valence-electron chi connectivity index (χ2n) is 8.26. The van der Waals surface area contributed by atoms with Crippen LogP contribution in [-0.4, -0.2) is 34.6 Å². The highest BCUT2D eigenvalue weighted by Gasteiger charge is 2.30. The Hall–Kier alpha value is -1.40. The molecule has 2 aromatic rings. The molecule has 1 aliphatic carbocycles. The van der Waals surface area contributed by atoms with E-state index in [1.807, 2.05) is 19.1 Å². The molecular weight excluding hydrogens is 499 g/mol. The summed E-state index contributed by atoms with van der Waals surface area (Å²) in [6.07, 6.45) is 4.81. The van der Waals surface area contributed by atoms with Crippen LogP contribution in [0.4, 0.5) is 0 Å². The molecule has 178 valence electrons. The maximum Gasteiger partial charge on any atom is 0.243 e. The van der Waals surface area contributed by atoms with Crippen LogP contribution in [0.15, 0.2) is 42.5 Å². The Labute approximate surface area is 215 Å². The van der Waals surface area contributed by atoms with Crippen LogP contribution in [0.3, 0.4) is 0 Å². The SMILES string of the molecule is CC[C@H](C(=O)NC1CCCC1)N(Cc1ccc(Cl)cc1)C(=O)CSCc1c(Cl)cccc1Cl. The van der Waals surface area contributed by atoms with E-state index in [0.29, 0.717) is 33.8 Å². The highest BCUT2D eigenvalue weighted by Crippen LogP contribution is 2.28. The predicted molar refractivity (Wildman–Crippen MR) is 139 cm³/mol. The largest absolute Gasteiger partial charge is 0.352 e. The van der Waals surface area contributed by atoms with Gasteiger partial charge in [0.25, 0.3) is 0 Å². The van der Waals surface area contributed by atoms with Crippen molar-refractivity contribution in [3.63, 3.8) is 0 Å². The van der Waals surface area contributed by atoms with Crippen LogP contribution in [0.1, 0.15) is 50.2 Å². The number of carbonyl (C=O) groups excluding carboxylic acids is 2. The second kappa shape index (κ2) is 12.9. The zero-order chi connectivity index (χ0) is 23.8. The zero-order valence-corrected chi connectivity index (χ0v) is 21.7. The molecule has 2 aromatic carbocycles. The quantitative estimate of drug-likeness (QED) is 0.372. The van der Waals surface area contributed by atoms with Gasteiger partial charge in [-0.05, 0) is 54.7 Å². The van der Waals surface area contributed by atoms with Crippen LogP contribution in [-0.2, 0) is 21.9 Å². The summed E-state index contributed by atoms with van der Waals surface area (Å²) in [4.78, 5) is 28.2. The first-order valence-electron chi connectivity index (χ1n) is 11.2. The minimum absolute atomic E-state index is 0.0779. The summed E-state index contributed by atoms with van der Waals surface area (Å²) < 4.78 is 0. The smallest absolute Gasteiger partial charge is 0.243 e. The number of benzene rings is 2. The van der Waals surface area contributed by atoms with E-state index in [4.69, 9.17) is 34.8 Å². The number of thioether (sulfide) groups is 1. The Bertz CT molecular complexity index is 929. The van der Waals surface area contributed by atoms with Gasteiger partial charge in [0.1, 0.15) is 6.04 Å². The monoisotopic (exact) mass is 526 g/mol. The molecule has 0 bridgehead atoms. The lowest BCUT2D eigenvalue weighted by Gasteiger charge is -2.31. The summed E-state index contributed by atoms with van der Waals surface area (Å²) >= 11 is 20.0. The van der Waals surface area contributed by atoms with Crippen LogP contribution in [0.25, 0.3) is 0 Å². The maximum absolute atomic E-state index is 13.3. The molecule has 0 aromatic heterocycles. The number of amides is 2. The van der Waals surface area contributed by atoms with E-state index in [1.165, 1.54) is 11.8 Å². The minimum Gasteiger partial charge on any atom is -0.352 e. The van der Waals surface area contributed by atoms with Crippen molar-refractivity contribution in [2.45, 2.75) is 63.4 Å². The molecule has 1 atom stereocenters.